The number of nitrogens with zero attached hydrogens (tertiary/aromatic N) is 2. The molecule has 0 bridgehead atoms. The van der Waals surface area contributed by atoms with Crippen molar-refractivity contribution in [1.82, 2.24) is 9.78 Å². The van der Waals surface area contributed by atoms with Crippen LogP contribution in [0.4, 0.5) is 5.69 Å². The summed E-state index contributed by atoms with van der Waals surface area (Å²) >= 11 is 0. The van der Waals surface area contributed by atoms with Gasteiger partial charge >= 0.3 is 5.97 Å². The summed E-state index contributed by atoms with van der Waals surface area (Å²) in [7, 11) is 0. The van der Waals surface area contributed by atoms with E-state index in [1.807, 2.05) is 18.2 Å². The van der Waals surface area contributed by atoms with Crippen molar-refractivity contribution in [3.63, 3.8) is 0 Å². The summed E-state index contributed by atoms with van der Waals surface area (Å²) in [5.74, 6) is -1.28. The molecule has 1 aromatic heterocycles. The third-order valence-electron chi connectivity index (χ3n) is 3.33. The molecule has 1 amide bonds. The summed E-state index contributed by atoms with van der Waals surface area (Å²) in [6.45, 7) is 4.95. The Hall–Kier alpha value is -2.63. The summed E-state index contributed by atoms with van der Waals surface area (Å²) in [5, 5.41) is 16.1. The number of aryl methyl sites for hydroxylation is 1. The van der Waals surface area contributed by atoms with Crippen LogP contribution >= 0.6 is 0 Å². The second-order valence-corrected chi connectivity index (χ2v) is 4.83. The molecule has 1 heterocycles. The molecular weight excluding hydrogens is 270 g/mol. The first-order valence-electron chi connectivity index (χ1n) is 6.56. The lowest BCUT2D eigenvalue weighted by atomic mass is 10.2. The highest BCUT2D eigenvalue weighted by Gasteiger charge is 2.24. The number of anilines is 1. The van der Waals surface area contributed by atoms with E-state index in [0.717, 1.165) is 0 Å². The average Bonchev–Trinajstić information content (AvgIpc) is 2.74. The van der Waals surface area contributed by atoms with E-state index in [4.69, 9.17) is 5.11 Å². The third-order valence-corrected chi connectivity index (χ3v) is 3.33. The van der Waals surface area contributed by atoms with Crippen molar-refractivity contribution in [1.29, 1.82) is 0 Å². The number of carboxylic acid groups (broad SMARTS) is 1. The summed E-state index contributed by atoms with van der Waals surface area (Å²) in [4.78, 5) is 23.4. The van der Waals surface area contributed by atoms with Gasteiger partial charge < -0.3 is 10.4 Å². The number of aromatic carboxylic acids is 1. The van der Waals surface area contributed by atoms with Gasteiger partial charge in [-0.2, -0.15) is 5.10 Å². The first-order valence-corrected chi connectivity index (χ1v) is 6.56. The number of hydrogen-bond donors (Lipinski definition) is 2. The molecule has 0 fully saturated rings. The summed E-state index contributed by atoms with van der Waals surface area (Å²) in [6.07, 6.45) is 0. The van der Waals surface area contributed by atoms with E-state index in [1.54, 1.807) is 32.9 Å². The highest BCUT2D eigenvalue weighted by Crippen LogP contribution is 2.19. The molecule has 1 aromatic carbocycles. The molecule has 0 aliphatic rings. The quantitative estimate of drug-likeness (QED) is 0.904. The molecule has 6 nitrogen and oxygen atoms in total. The van der Waals surface area contributed by atoms with Crippen LogP contribution in [0.5, 0.6) is 0 Å². The fourth-order valence-corrected chi connectivity index (χ4v) is 2.23. The zero-order valence-electron chi connectivity index (χ0n) is 12.1. The first-order chi connectivity index (χ1) is 9.91. The molecule has 0 radical (unpaired) electrons. The van der Waals surface area contributed by atoms with Crippen LogP contribution in [0.2, 0.25) is 0 Å². The van der Waals surface area contributed by atoms with Crippen LogP contribution in [0, 0.1) is 13.8 Å². The Kier molecular flexibility index (Phi) is 4.07. The van der Waals surface area contributed by atoms with Gasteiger partial charge in [0, 0.05) is 5.69 Å². The van der Waals surface area contributed by atoms with Crippen molar-refractivity contribution in [2.45, 2.75) is 26.8 Å². The second kappa shape index (κ2) is 5.78. The van der Waals surface area contributed by atoms with Crippen molar-refractivity contribution in [3.8, 4) is 0 Å². The lowest BCUT2D eigenvalue weighted by molar-refractivity contribution is -0.119. The van der Waals surface area contributed by atoms with E-state index >= 15 is 0 Å². The molecule has 2 N–H and O–H groups in total. The van der Waals surface area contributed by atoms with Gasteiger partial charge in [-0.15, -0.1) is 0 Å². The summed E-state index contributed by atoms with van der Waals surface area (Å²) in [5.41, 5.74) is 1.71. The Morgan fingerprint density at radius 1 is 1.24 bits per heavy atom. The number of benzene rings is 1. The van der Waals surface area contributed by atoms with Gasteiger partial charge in [0.25, 0.3) is 0 Å². The lowest BCUT2D eigenvalue weighted by Crippen LogP contribution is -2.25. The van der Waals surface area contributed by atoms with Gasteiger partial charge in [0.2, 0.25) is 5.91 Å². The van der Waals surface area contributed by atoms with Crippen molar-refractivity contribution in [2.24, 2.45) is 0 Å². The van der Waals surface area contributed by atoms with E-state index in [9.17, 15) is 9.59 Å². The van der Waals surface area contributed by atoms with Gasteiger partial charge in [-0.1, -0.05) is 18.2 Å². The topological polar surface area (TPSA) is 84.2 Å². The minimum absolute atomic E-state index is 0.148. The van der Waals surface area contributed by atoms with Gasteiger partial charge in [-0.05, 0) is 32.9 Å². The molecule has 0 aliphatic carbocycles. The molecule has 2 aromatic rings. The van der Waals surface area contributed by atoms with Crippen molar-refractivity contribution >= 4 is 17.6 Å². The van der Waals surface area contributed by atoms with Crippen LogP contribution in [-0.2, 0) is 4.79 Å². The van der Waals surface area contributed by atoms with E-state index < -0.39 is 12.0 Å². The van der Waals surface area contributed by atoms with E-state index in [0.29, 0.717) is 17.1 Å². The van der Waals surface area contributed by atoms with Crippen LogP contribution in [-0.4, -0.2) is 26.8 Å². The Morgan fingerprint density at radius 3 is 2.38 bits per heavy atom. The number of carbonyl (C=O) groups is 2. The van der Waals surface area contributed by atoms with E-state index in [1.165, 1.54) is 4.68 Å². The molecule has 1 atom stereocenters. The highest BCUT2D eigenvalue weighted by atomic mass is 16.4. The van der Waals surface area contributed by atoms with E-state index in [-0.39, 0.29) is 11.5 Å². The number of para-hydroxylation sites is 1. The number of nitrogens with one attached hydrogen (secondary N) is 1. The standard InChI is InChI=1S/C15H17N3O3/c1-9-13(15(20)21)10(2)18(17-9)11(3)14(19)16-12-7-5-4-6-8-12/h4-8,11H,1-3H3,(H,16,19)(H,20,21). The zero-order chi connectivity index (χ0) is 15.6. The average molecular weight is 287 g/mol. The Bertz CT molecular complexity index is 677. The number of hydrogen-bond acceptors (Lipinski definition) is 3. The van der Waals surface area contributed by atoms with Crippen LogP contribution in [0.3, 0.4) is 0 Å². The van der Waals surface area contributed by atoms with Gasteiger partial charge in [-0.3, -0.25) is 9.48 Å². The fourth-order valence-electron chi connectivity index (χ4n) is 2.23. The van der Waals surface area contributed by atoms with Gasteiger partial charge in [0.1, 0.15) is 11.6 Å². The smallest absolute Gasteiger partial charge is 0.339 e. The summed E-state index contributed by atoms with van der Waals surface area (Å²) < 4.78 is 1.44. The molecule has 0 saturated heterocycles. The van der Waals surface area contributed by atoms with Gasteiger partial charge in [0.15, 0.2) is 0 Å². The number of carbonyl (C=O) groups excluding carboxylic acids is 1. The van der Waals surface area contributed by atoms with Crippen LogP contribution in [0.1, 0.15) is 34.7 Å². The maximum Gasteiger partial charge on any atom is 0.339 e. The SMILES string of the molecule is Cc1nn(C(C)C(=O)Nc2ccccc2)c(C)c1C(=O)O. The van der Waals surface area contributed by atoms with E-state index in [2.05, 4.69) is 10.4 Å². The number of amides is 1. The zero-order valence-corrected chi connectivity index (χ0v) is 12.1. The van der Waals surface area contributed by atoms with Gasteiger partial charge in [0.05, 0.1) is 11.4 Å². The monoisotopic (exact) mass is 287 g/mol. The van der Waals surface area contributed by atoms with Crippen molar-refractivity contribution in [3.05, 3.63) is 47.3 Å². The van der Waals surface area contributed by atoms with Crippen molar-refractivity contribution < 1.29 is 14.7 Å². The maximum absolute atomic E-state index is 12.2. The van der Waals surface area contributed by atoms with Crippen LogP contribution in [0.15, 0.2) is 30.3 Å². The fraction of sp³-hybridized carbons (Fsp3) is 0.267. The highest BCUT2D eigenvalue weighted by molar-refractivity contribution is 5.94. The van der Waals surface area contributed by atoms with Crippen molar-refractivity contribution in [2.75, 3.05) is 5.32 Å². The maximum atomic E-state index is 12.2. The minimum Gasteiger partial charge on any atom is -0.478 e. The molecule has 1 unspecified atom stereocenters. The first kappa shape index (κ1) is 14.8. The lowest BCUT2D eigenvalue weighted by Gasteiger charge is -2.14. The number of aromatic nitrogens is 2. The largest absolute Gasteiger partial charge is 0.478 e. The normalized spacial score (nSPS) is 12.0. The molecule has 110 valence electrons. The molecule has 0 aliphatic heterocycles. The van der Waals surface area contributed by atoms with Crippen LogP contribution in [0.25, 0.3) is 0 Å². The number of carboxylic acids is 1. The number of rotatable bonds is 4. The molecule has 0 spiro atoms. The Morgan fingerprint density at radius 2 is 1.86 bits per heavy atom. The molecule has 21 heavy (non-hydrogen) atoms. The molecule has 6 heteroatoms. The Balaban J connectivity index is 2.24. The molecule has 0 saturated carbocycles. The second-order valence-electron chi connectivity index (χ2n) is 4.83. The molecule has 2 rings (SSSR count). The summed E-state index contributed by atoms with van der Waals surface area (Å²) in [6, 6.07) is 8.48. The predicted octanol–water partition coefficient (Wildman–Crippen LogP) is 2.40. The van der Waals surface area contributed by atoms with Crippen LogP contribution < -0.4 is 5.32 Å². The third kappa shape index (κ3) is 2.94. The molecular formula is C15H17N3O3. The minimum atomic E-state index is -1.04. The predicted molar refractivity (Wildman–Crippen MR) is 78.4 cm³/mol. The Labute approximate surface area is 122 Å². The van der Waals surface area contributed by atoms with Gasteiger partial charge in [-0.25, -0.2) is 4.79 Å².